The number of hydrogen-bond acceptors (Lipinski definition) is 6. The number of rotatable bonds is 4. The van der Waals surface area contributed by atoms with E-state index < -0.39 is 11.9 Å². The van der Waals surface area contributed by atoms with Gasteiger partial charge >= 0.3 is 11.9 Å². The van der Waals surface area contributed by atoms with Gasteiger partial charge in [-0.2, -0.15) is 0 Å². The largest absolute Gasteiger partial charge is 0.465 e. The van der Waals surface area contributed by atoms with Gasteiger partial charge in [-0.1, -0.05) is 12.2 Å². The Morgan fingerprint density at radius 2 is 1.30 bits per heavy atom. The molecule has 2 aromatic rings. The van der Waals surface area contributed by atoms with Crippen molar-refractivity contribution in [1.82, 2.24) is 0 Å². The summed E-state index contributed by atoms with van der Waals surface area (Å²) in [7, 11) is 1.29. The predicted molar refractivity (Wildman–Crippen MR) is 116 cm³/mol. The van der Waals surface area contributed by atoms with Crippen LogP contribution in [0.4, 0.5) is 5.69 Å². The van der Waals surface area contributed by atoms with Gasteiger partial charge in [-0.3, -0.25) is 14.5 Å². The highest BCUT2D eigenvalue weighted by Gasteiger charge is 2.67. The number of imide groups is 1. The molecule has 2 bridgehead atoms. The number of esters is 2. The summed E-state index contributed by atoms with van der Waals surface area (Å²) in [5, 5.41) is 0. The van der Waals surface area contributed by atoms with Gasteiger partial charge in [0.1, 0.15) is 5.75 Å². The second-order valence-corrected chi connectivity index (χ2v) is 9.12. The quantitative estimate of drug-likeness (QED) is 0.312. The molecule has 0 radical (unpaired) electrons. The lowest BCUT2D eigenvalue weighted by Crippen LogP contribution is -2.40. The summed E-state index contributed by atoms with van der Waals surface area (Å²) in [6.45, 7) is 0. The van der Waals surface area contributed by atoms with Gasteiger partial charge in [0.25, 0.3) is 0 Å². The van der Waals surface area contributed by atoms with Crippen molar-refractivity contribution in [3.8, 4) is 5.75 Å². The van der Waals surface area contributed by atoms with Crippen LogP contribution in [0.1, 0.15) is 27.1 Å². The zero-order valence-corrected chi connectivity index (χ0v) is 17.8. The fraction of sp³-hybridized carbons (Fsp3) is 0.308. The molecule has 3 fully saturated rings. The highest BCUT2D eigenvalue weighted by atomic mass is 16.5. The first kappa shape index (κ1) is 19.9. The Morgan fingerprint density at radius 3 is 1.85 bits per heavy atom. The van der Waals surface area contributed by atoms with Crippen LogP contribution in [-0.4, -0.2) is 30.9 Å². The van der Waals surface area contributed by atoms with E-state index in [0.29, 0.717) is 23.1 Å². The second kappa shape index (κ2) is 7.13. The van der Waals surface area contributed by atoms with Crippen LogP contribution in [0.15, 0.2) is 60.7 Å². The van der Waals surface area contributed by atoms with Crippen LogP contribution in [-0.2, 0) is 14.3 Å². The summed E-state index contributed by atoms with van der Waals surface area (Å²) in [5.74, 6) is -0.0925. The normalized spacial score (nSPS) is 30.6. The lowest BCUT2D eigenvalue weighted by molar-refractivity contribution is -0.124. The zero-order valence-electron chi connectivity index (χ0n) is 17.8. The molecule has 7 heteroatoms. The maximum atomic E-state index is 13.2. The van der Waals surface area contributed by atoms with Gasteiger partial charge in [0.2, 0.25) is 11.8 Å². The first-order valence-corrected chi connectivity index (χ1v) is 11.0. The van der Waals surface area contributed by atoms with Crippen molar-refractivity contribution < 1.29 is 28.7 Å². The molecule has 0 aromatic heterocycles. The molecular weight excluding hydrogens is 422 g/mol. The molecule has 7 rings (SSSR count). The number of nitrogens with zero attached hydrogens (tertiary/aromatic N) is 1. The number of benzene rings is 2. The minimum Gasteiger partial charge on any atom is -0.465 e. The molecule has 0 unspecified atom stereocenters. The van der Waals surface area contributed by atoms with Gasteiger partial charge in [0.05, 0.1) is 35.8 Å². The molecule has 1 aliphatic heterocycles. The second-order valence-electron chi connectivity index (χ2n) is 9.12. The average molecular weight is 443 g/mol. The number of carbonyl (C=O) groups excluding carboxylic acids is 4. The van der Waals surface area contributed by atoms with Crippen molar-refractivity contribution in [1.29, 1.82) is 0 Å². The third kappa shape index (κ3) is 2.95. The van der Waals surface area contributed by atoms with Gasteiger partial charge in [-0.25, -0.2) is 9.59 Å². The van der Waals surface area contributed by atoms with E-state index in [4.69, 9.17) is 4.74 Å². The summed E-state index contributed by atoms with van der Waals surface area (Å²) in [4.78, 5) is 51.7. The molecule has 0 N–H and O–H groups in total. The molecule has 2 aromatic carbocycles. The Balaban J connectivity index is 1.18. The molecule has 5 aliphatic rings. The van der Waals surface area contributed by atoms with Gasteiger partial charge in [-0.05, 0) is 78.6 Å². The lowest BCUT2D eigenvalue weighted by Gasteiger charge is -2.37. The van der Waals surface area contributed by atoms with Crippen LogP contribution in [0.2, 0.25) is 0 Å². The Morgan fingerprint density at radius 1 is 0.788 bits per heavy atom. The molecule has 2 amide bonds. The monoisotopic (exact) mass is 443 g/mol. The third-order valence-corrected chi connectivity index (χ3v) is 7.51. The SMILES string of the molecule is COC(=O)c1ccc(OC(=O)c2ccc(N3C(=O)[C@@H]4[C@H]5C=C[C@@H]([C@@H]6C[C@H]56)[C@H]4C3=O)cc2)cc1. The molecule has 7 nitrogen and oxygen atoms in total. The van der Waals surface area contributed by atoms with E-state index in [1.54, 1.807) is 24.3 Å². The van der Waals surface area contributed by atoms with Crippen LogP contribution in [0.5, 0.6) is 5.75 Å². The van der Waals surface area contributed by atoms with E-state index in [9.17, 15) is 19.2 Å². The van der Waals surface area contributed by atoms with E-state index in [1.807, 2.05) is 0 Å². The topological polar surface area (TPSA) is 90.0 Å². The van der Waals surface area contributed by atoms with E-state index in [1.165, 1.54) is 36.3 Å². The average Bonchev–Trinajstić information content (AvgIpc) is 3.62. The molecule has 0 spiro atoms. The molecule has 2 saturated carbocycles. The van der Waals surface area contributed by atoms with E-state index in [-0.39, 0.29) is 46.8 Å². The Kier molecular flexibility index (Phi) is 4.30. The molecule has 33 heavy (non-hydrogen) atoms. The van der Waals surface area contributed by atoms with Crippen LogP contribution in [0, 0.1) is 35.5 Å². The highest BCUT2D eigenvalue weighted by molar-refractivity contribution is 6.22. The summed E-state index contributed by atoms with van der Waals surface area (Å²) in [6.07, 6.45) is 5.41. The summed E-state index contributed by atoms with van der Waals surface area (Å²) in [6, 6.07) is 12.4. The number of anilines is 1. The summed E-state index contributed by atoms with van der Waals surface area (Å²) >= 11 is 0. The molecule has 1 heterocycles. The highest BCUT2D eigenvalue weighted by Crippen LogP contribution is 2.65. The van der Waals surface area contributed by atoms with Crippen LogP contribution in [0.25, 0.3) is 0 Å². The smallest absolute Gasteiger partial charge is 0.343 e. The number of methoxy groups -OCH3 is 1. The van der Waals surface area contributed by atoms with Gasteiger partial charge in [-0.15, -0.1) is 0 Å². The lowest BCUT2D eigenvalue weighted by atomic mass is 9.63. The fourth-order valence-electron chi connectivity index (χ4n) is 5.90. The Hall–Kier alpha value is -3.74. The molecule has 1 saturated heterocycles. The summed E-state index contributed by atoms with van der Waals surface area (Å²) < 4.78 is 10.0. The van der Waals surface area contributed by atoms with Gasteiger partial charge in [0, 0.05) is 0 Å². The molecule has 6 atom stereocenters. The van der Waals surface area contributed by atoms with Crippen molar-refractivity contribution in [2.45, 2.75) is 6.42 Å². The van der Waals surface area contributed by atoms with Crippen LogP contribution in [0.3, 0.4) is 0 Å². The van der Waals surface area contributed by atoms with E-state index in [0.717, 1.165) is 6.42 Å². The van der Waals surface area contributed by atoms with Crippen molar-refractivity contribution in [2.75, 3.05) is 12.0 Å². The maximum absolute atomic E-state index is 13.2. The van der Waals surface area contributed by atoms with Crippen molar-refractivity contribution >= 4 is 29.4 Å². The predicted octanol–water partition coefficient (Wildman–Crippen LogP) is 3.25. The number of carbonyl (C=O) groups is 4. The first-order valence-electron chi connectivity index (χ1n) is 11.0. The standard InChI is InChI=1S/C26H21NO6/c1-32-25(30)13-4-8-16(9-5-13)33-26(31)14-2-6-15(7-3-14)27-23(28)21-17-10-11-18(20-12-19(17)20)22(21)24(27)29/h2-11,17-22H,12H2,1H3/t17-,18-,19-,20+,21+,22+/m0/s1. The van der Waals surface area contributed by atoms with Crippen LogP contribution < -0.4 is 9.64 Å². The van der Waals surface area contributed by atoms with Crippen LogP contribution >= 0.6 is 0 Å². The molecular formula is C26H21NO6. The first-order chi connectivity index (χ1) is 16.0. The Labute approximate surface area is 190 Å². The molecule has 166 valence electrons. The summed E-state index contributed by atoms with van der Waals surface area (Å²) in [5.41, 5.74) is 1.12. The van der Waals surface area contributed by atoms with Crippen molar-refractivity contribution in [3.05, 3.63) is 71.8 Å². The maximum Gasteiger partial charge on any atom is 0.343 e. The van der Waals surface area contributed by atoms with Crippen molar-refractivity contribution in [3.63, 3.8) is 0 Å². The minimum atomic E-state index is -0.581. The number of hydrogen-bond donors (Lipinski definition) is 0. The van der Waals surface area contributed by atoms with Crippen molar-refractivity contribution in [2.24, 2.45) is 35.5 Å². The fourth-order valence-corrected chi connectivity index (χ4v) is 5.90. The van der Waals surface area contributed by atoms with Gasteiger partial charge in [0.15, 0.2) is 0 Å². The zero-order chi connectivity index (χ0) is 22.9. The number of allylic oxidation sites excluding steroid dienone is 2. The number of amides is 2. The Bertz CT molecular complexity index is 1180. The van der Waals surface area contributed by atoms with E-state index in [2.05, 4.69) is 16.9 Å². The molecule has 4 aliphatic carbocycles. The number of ether oxygens (including phenoxy) is 2. The van der Waals surface area contributed by atoms with E-state index >= 15 is 0 Å². The van der Waals surface area contributed by atoms with Gasteiger partial charge < -0.3 is 9.47 Å². The minimum absolute atomic E-state index is 0.129. The third-order valence-electron chi connectivity index (χ3n) is 7.51.